The number of rotatable bonds is 5. The topological polar surface area (TPSA) is 53.7 Å². The lowest BCUT2D eigenvalue weighted by Crippen LogP contribution is -2.23. The number of likely N-dealkylation sites (N-methyl/N-ethyl adjacent to an activating group) is 1. The van der Waals surface area contributed by atoms with Crippen LogP contribution in [0.1, 0.15) is 11.3 Å². The molecule has 0 fully saturated rings. The second-order valence-corrected chi connectivity index (χ2v) is 3.58. The fourth-order valence-corrected chi connectivity index (χ4v) is 1.32. The molecule has 1 N–H and O–H groups in total. The Morgan fingerprint density at radius 2 is 2.33 bits per heavy atom. The van der Waals surface area contributed by atoms with Crippen LogP contribution in [0.25, 0.3) is 0 Å². The third kappa shape index (κ3) is 3.25. The molecule has 0 atom stereocenters. The molecule has 0 aliphatic heterocycles. The van der Waals surface area contributed by atoms with Crippen molar-refractivity contribution in [3.05, 3.63) is 35.8 Å². The Bertz CT molecular complexity index is 368. The number of furan rings is 1. The molecule has 1 aromatic rings. The first kappa shape index (κ1) is 11.5. The van der Waals surface area contributed by atoms with Crippen LogP contribution in [0.3, 0.4) is 0 Å². The van der Waals surface area contributed by atoms with E-state index >= 15 is 0 Å². The molecular weight excluding hydrogens is 194 g/mol. The highest BCUT2D eigenvalue weighted by Crippen LogP contribution is 2.11. The smallest absolute Gasteiger partial charge is 0.332 e. The third-order valence-corrected chi connectivity index (χ3v) is 2.17. The molecule has 0 amide bonds. The van der Waals surface area contributed by atoms with Gasteiger partial charge in [-0.05, 0) is 20.0 Å². The molecule has 82 valence electrons. The second kappa shape index (κ2) is 4.79. The molecule has 0 bridgehead atoms. The minimum absolute atomic E-state index is 0.193. The van der Waals surface area contributed by atoms with Gasteiger partial charge in [-0.2, -0.15) is 0 Å². The molecule has 0 aliphatic carbocycles. The van der Waals surface area contributed by atoms with Gasteiger partial charge in [0, 0.05) is 24.2 Å². The molecule has 1 aromatic heterocycles. The predicted octanol–water partition coefficient (Wildman–Crippen LogP) is 1.66. The Balaban J connectivity index is 2.50. The Hall–Kier alpha value is -1.55. The zero-order chi connectivity index (χ0) is 11.4. The van der Waals surface area contributed by atoms with Crippen LogP contribution in [0.4, 0.5) is 0 Å². The van der Waals surface area contributed by atoms with Gasteiger partial charge < -0.3 is 9.52 Å². The third-order valence-electron chi connectivity index (χ3n) is 2.17. The van der Waals surface area contributed by atoms with Gasteiger partial charge in [-0.25, -0.2) is 4.79 Å². The van der Waals surface area contributed by atoms with Crippen LogP contribution in [-0.4, -0.2) is 29.6 Å². The van der Waals surface area contributed by atoms with Gasteiger partial charge >= 0.3 is 5.97 Å². The first-order valence-electron chi connectivity index (χ1n) is 4.63. The van der Waals surface area contributed by atoms with Crippen molar-refractivity contribution in [1.82, 2.24) is 4.90 Å². The van der Waals surface area contributed by atoms with Crippen LogP contribution in [0.5, 0.6) is 0 Å². The molecule has 4 heteroatoms. The van der Waals surface area contributed by atoms with Crippen LogP contribution in [0.15, 0.2) is 28.9 Å². The van der Waals surface area contributed by atoms with Gasteiger partial charge in [0.25, 0.3) is 0 Å². The zero-order valence-corrected chi connectivity index (χ0v) is 8.99. The molecule has 1 heterocycles. The van der Waals surface area contributed by atoms with E-state index in [0.717, 1.165) is 11.3 Å². The van der Waals surface area contributed by atoms with E-state index in [4.69, 9.17) is 9.52 Å². The second-order valence-electron chi connectivity index (χ2n) is 3.58. The van der Waals surface area contributed by atoms with Crippen molar-refractivity contribution in [3.63, 3.8) is 0 Å². The highest BCUT2D eigenvalue weighted by atomic mass is 16.4. The average molecular weight is 209 g/mol. The summed E-state index contributed by atoms with van der Waals surface area (Å²) in [5.41, 5.74) is 1.26. The summed E-state index contributed by atoms with van der Waals surface area (Å²) >= 11 is 0. The summed E-state index contributed by atoms with van der Waals surface area (Å²) in [6.45, 7) is 6.37. The van der Waals surface area contributed by atoms with Gasteiger partial charge in [-0.3, -0.25) is 4.90 Å². The van der Waals surface area contributed by atoms with Crippen molar-refractivity contribution in [3.8, 4) is 0 Å². The summed E-state index contributed by atoms with van der Waals surface area (Å²) in [6.07, 6.45) is 1.63. The SMILES string of the molecule is C=C(CN(C)Cc1ccoc1C)C(=O)O. The number of aryl methyl sites for hydroxylation is 1. The number of hydrogen-bond donors (Lipinski definition) is 1. The lowest BCUT2D eigenvalue weighted by molar-refractivity contribution is -0.132. The van der Waals surface area contributed by atoms with Crippen molar-refractivity contribution in [2.24, 2.45) is 0 Å². The molecule has 15 heavy (non-hydrogen) atoms. The summed E-state index contributed by atoms with van der Waals surface area (Å²) in [5, 5.41) is 8.67. The molecule has 0 unspecified atom stereocenters. The minimum Gasteiger partial charge on any atom is -0.478 e. The Labute approximate surface area is 88.8 Å². The summed E-state index contributed by atoms with van der Waals surface area (Å²) in [7, 11) is 1.85. The standard InChI is InChI=1S/C11H15NO3/c1-8(11(13)14)6-12(3)7-10-4-5-15-9(10)2/h4-5H,1,6-7H2,2-3H3,(H,13,14). The van der Waals surface area contributed by atoms with Crippen molar-refractivity contribution in [2.75, 3.05) is 13.6 Å². The van der Waals surface area contributed by atoms with E-state index in [0.29, 0.717) is 13.1 Å². The number of carboxylic acids is 1. The zero-order valence-electron chi connectivity index (χ0n) is 8.99. The highest BCUT2D eigenvalue weighted by Gasteiger charge is 2.10. The van der Waals surface area contributed by atoms with Gasteiger partial charge in [-0.1, -0.05) is 6.58 Å². The lowest BCUT2D eigenvalue weighted by atomic mass is 10.2. The Morgan fingerprint density at radius 1 is 1.67 bits per heavy atom. The van der Waals surface area contributed by atoms with Gasteiger partial charge in [-0.15, -0.1) is 0 Å². The molecule has 4 nitrogen and oxygen atoms in total. The summed E-state index contributed by atoms with van der Waals surface area (Å²) in [6, 6.07) is 1.88. The van der Waals surface area contributed by atoms with E-state index < -0.39 is 5.97 Å². The van der Waals surface area contributed by atoms with Crippen LogP contribution >= 0.6 is 0 Å². The largest absolute Gasteiger partial charge is 0.478 e. The normalized spacial score (nSPS) is 10.6. The number of nitrogens with zero attached hydrogens (tertiary/aromatic N) is 1. The van der Waals surface area contributed by atoms with Gasteiger partial charge in [0.05, 0.1) is 6.26 Å². The first-order chi connectivity index (χ1) is 7.00. The highest BCUT2D eigenvalue weighted by molar-refractivity contribution is 5.86. The average Bonchev–Trinajstić information content (AvgIpc) is 2.51. The number of aliphatic carboxylic acids is 1. The molecule has 0 aromatic carbocycles. The molecule has 0 spiro atoms. The summed E-state index contributed by atoms with van der Waals surface area (Å²) < 4.78 is 5.15. The number of hydrogen-bond acceptors (Lipinski definition) is 3. The summed E-state index contributed by atoms with van der Waals surface area (Å²) in [5.74, 6) is -0.0893. The fraction of sp³-hybridized carbons (Fsp3) is 0.364. The van der Waals surface area contributed by atoms with E-state index in [9.17, 15) is 4.79 Å². The van der Waals surface area contributed by atoms with E-state index in [1.165, 1.54) is 0 Å². The van der Waals surface area contributed by atoms with Crippen molar-refractivity contribution in [2.45, 2.75) is 13.5 Å². The predicted molar refractivity (Wildman–Crippen MR) is 56.6 cm³/mol. The lowest BCUT2D eigenvalue weighted by Gasteiger charge is -2.15. The molecule has 0 aliphatic rings. The van der Waals surface area contributed by atoms with Crippen molar-refractivity contribution >= 4 is 5.97 Å². The fourth-order valence-electron chi connectivity index (χ4n) is 1.32. The number of carbonyl (C=O) groups is 1. The molecule has 0 saturated carbocycles. The Morgan fingerprint density at radius 3 is 2.80 bits per heavy atom. The molecule has 0 saturated heterocycles. The van der Waals surface area contributed by atoms with Crippen molar-refractivity contribution < 1.29 is 14.3 Å². The van der Waals surface area contributed by atoms with Gasteiger partial charge in [0.1, 0.15) is 5.76 Å². The summed E-state index contributed by atoms with van der Waals surface area (Å²) in [4.78, 5) is 12.4. The number of carboxylic acid groups (broad SMARTS) is 1. The maximum Gasteiger partial charge on any atom is 0.332 e. The van der Waals surface area contributed by atoms with Crippen LogP contribution in [0.2, 0.25) is 0 Å². The Kier molecular flexibility index (Phi) is 3.68. The van der Waals surface area contributed by atoms with Crippen LogP contribution in [-0.2, 0) is 11.3 Å². The van der Waals surface area contributed by atoms with E-state index in [-0.39, 0.29) is 5.57 Å². The minimum atomic E-state index is -0.953. The maximum atomic E-state index is 10.6. The molecule has 1 rings (SSSR count). The van der Waals surface area contributed by atoms with E-state index in [2.05, 4.69) is 6.58 Å². The van der Waals surface area contributed by atoms with E-state index in [1.54, 1.807) is 6.26 Å². The molecular formula is C11H15NO3. The van der Waals surface area contributed by atoms with Gasteiger partial charge in [0.2, 0.25) is 0 Å². The van der Waals surface area contributed by atoms with E-state index in [1.807, 2.05) is 24.9 Å². The van der Waals surface area contributed by atoms with Crippen molar-refractivity contribution in [1.29, 1.82) is 0 Å². The first-order valence-corrected chi connectivity index (χ1v) is 4.63. The van der Waals surface area contributed by atoms with Crippen LogP contribution in [0, 0.1) is 6.92 Å². The maximum absolute atomic E-state index is 10.6. The van der Waals surface area contributed by atoms with Gasteiger partial charge in [0.15, 0.2) is 0 Å². The molecule has 0 radical (unpaired) electrons. The van der Waals surface area contributed by atoms with Crippen LogP contribution < -0.4 is 0 Å². The quantitative estimate of drug-likeness (QED) is 0.749. The monoisotopic (exact) mass is 209 g/mol.